The Bertz CT molecular complexity index is 422. The molecule has 9 nitrogen and oxygen atoms in total. The number of nitrogens with zero attached hydrogens (tertiary/aromatic N) is 1. The summed E-state index contributed by atoms with van der Waals surface area (Å²) in [5.41, 5.74) is 9.88. The largest absolute Gasteiger partial charge is 0.480 e. The number of aliphatic hydroxyl groups excluding tert-OH is 1. The molecule has 1 saturated heterocycles. The standard InChI is InChI=1S/C12H24BN3O6/c1-7(17)9(14)10(18)16-5-8(2-3-13(21)22)4-12(15,6-16)11(19)20/h7-9,17,21-22H,2-6,14-15H2,1H3,(H,19,20)/t7?,8-,9-,12+/m0/s1. The van der Waals surface area contributed by atoms with E-state index >= 15 is 0 Å². The van der Waals surface area contributed by atoms with Crippen LogP contribution in [0, 0.1) is 5.92 Å². The lowest BCUT2D eigenvalue weighted by molar-refractivity contribution is -0.150. The van der Waals surface area contributed by atoms with Crippen molar-refractivity contribution in [3.63, 3.8) is 0 Å². The molecule has 4 atom stereocenters. The van der Waals surface area contributed by atoms with Crippen molar-refractivity contribution >= 4 is 19.0 Å². The molecule has 10 heteroatoms. The molecule has 0 aliphatic carbocycles. The monoisotopic (exact) mass is 317 g/mol. The summed E-state index contributed by atoms with van der Waals surface area (Å²) in [6.07, 6.45) is -0.560. The minimum Gasteiger partial charge on any atom is -0.480 e. The van der Waals surface area contributed by atoms with Crippen molar-refractivity contribution < 1.29 is 29.9 Å². The summed E-state index contributed by atoms with van der Waals surface area (Å²) in [4.78, 5) is 24.9. The Labute approximate surface area is 129 Å². The molecule has 1 fully saturated rings. The lowest BCUT2D eigenvalue weighted by Gasteiger charge is -2.42. The van der Waals surface area contributed by atoms with Crippen LogP contribution in [0.4, 0.5) is 0 Å². The van der Waals surface area contributed by atoms with E-state index in [4.69, 9.17) is 21.5 Å². The fourth-order valence-corrected chi connectivity index (χ4v) is 2.68. The fourth-order valence-electron chi connectivity index (χ4n) is 2.68. The van der Waals surface area contributed by atoms with E-state index in [1.54, 1.807) is 0 Å². The molecule has 0 aromatic carbocycles. The van der Waals surface area contributed by atoms with Gasteiger partial charge in [-0.25, -0.2) is 0 Å². The third-order valence-corrected chi connectivity index (χ3v) is 3.98. The van der Waals surface area contributed by atoms with E-state index in [1.165, 1.54) is 11.8 Å². The van der Waals surface area contributed by atoms with E-state index in [2.05, 4.69) is 0 Å². The maximum absolute atomic E-state index is 12.2. The van der Waals surface area contributed by atoms with Gasteiger partial charge in [0.1, 0.15) is 11.6 Å². The third kappa shape index (κ3) is 4.65. The zero-order valence-electron chi connectivity index (χ0n) is 12.6. The molecule has 1 aliphatic rings. The number of aliphatic carboxylic acids is 1. The van der Waals surface area contributed by atoms with Crippen LogP contribution in [-0.4, -0.2) is 74.9 Å². The average molecular weight is 317 g/mol. The molecule has 0 spiro atoms. The molecule has 1 rings (SSSR count). The SMILES string of the molecule is CC(O)[C@H](N)C(=O)N1C[C@@H](CCB(O)O)C[C@](N)(C(=O)O)C1. The number of nitrogens with two attached hydrogens (primary N) is 2. The second-order valence-electron chi connectivity index (χ2n) is 6.07. The van der Waals surface area contributed by atoms with Gasteiger partial charge in [-0.3, -0.25) is 9.59 Å². The molecule has 22 heavy (non-hydrogen) atoms. The number of carbonyl (C=O) groups excluding carboxylic acids is 1. The van der Waals surface area contributed by atoms with Crippen molar-refractivity contribution in [2.45, 2.75) is 43.8 Å². The minimum atomic E-state index is -1.61. The van der Waals surface area contributed by atoms with E-state index in [9.17, 15) is 19.8 Å². The van der Waals surface area contributed by atoms with E-state index in [0.29, 0.717) is 6.42 Å². The summed E-state index contributed by atoms with van der Waals surface area (Å²) in [7, 11) is -1.50. The maximum atomic E-state index is 12.2. The first kappa shape index (κ1) is 18.9. The number of hydrogen-bond acceptors (Lipinski definition) is 7. The molecule has 0 bridgehead atoms. The van der Waals surface area contributed by atoms with Crippen LogP contribution in [0.5, 0.6) is 0 Å². The zero-order valence-corrected chi connectivity index (χ0v) is 12.6. The molecular formula is C12H24BN3O6. The van der Waals surface area contributed by atoms with Crippen molar-refractivity contribution in [2.75, 3.05) is 13.1 Å². The number of piperidine rings is 1. The number of hydrogen-bond donors (Lipinski definition) is 6. The number of carboxylic acids is 1. The van der Waals surface area contributed by atoms with E-state index < -0.39 is 36.7 Å². The Morgan fingerprint density at radius 2 is 2.05 bits per heavy atom. The van der Waals surface area contributed by atoms with Gasteiger partial charge in [0.2, 0.25) is 5.91 Å². The molecule has 1 amide bonds. The second kappa shape index (κ2) is 7.38. The predicted molar refractivity (Wildman–Crippen MR) is 78.5 cm³/mol. The van der Waals surface area contributed by atoms with Crippen LogP contribution in [0.2, 0.25) is 6.32 Å². The van der Waals surface area contributed by atoms with Crippen molar-refractivity contribution in [1.29, 1.82) is 0 Å². The van der Waals surface area contributed by atoms with Crippen LogP contribution in [0.1, 0.15) is 19.8 Å². The molecule has 8 N–H and O–H groups in total. The molecular weight excluding hydrogens is 293 g/mol. The Morgan fingerprint density at radius 3 is 2.50 bits per heavy atom. The van der Waals surface area contributed by atoms with Gasteiger partial charge in [-0.2, -0.15) is 0 Å². The summed E-state index contributed by atoms with van der Waals surface area (Å²) in [6.45, 7) is 1.40. The molecule has 126 valence electrons. The Hall–Kier alpha value is -1.20. The Morgan fingerprint density at radius 1 is 1.45 bits per heavy atom. The zero-order chi connectivity index (χ0) is 17.1. The Balaban J connectivity index is 2.88. The molecule has 0 aromatic rings. The van der Waals surface area contributed by atoms with E-state index in [1.807, 2.05) is 0 Å². The van der Waals surface area contributed by atoms with Crippen molar-refractivity contribution in [1.82, 2.24) is 4.90 Å². The van der Waals surface area contributed by atoms with Crippen molar-refractivity contribution in [3.8, 4) is 0 Å². The van der Waals surface area contributed by atoms with Crippen molar-refractivity contribution in [3.05, 3.63) is 0 Å². The van der Waals surface area contributed by atoms with Crippen LogP contribution < -0.4 is 11.5 Å². The molecule has 0 saturated carbocycles. The predicted octanol–water partition coefficient (Wildman–Crippen LogP) is -2.81. The van der Waals surface area contributed by atoms with Gasteiger partial charge in [-0.15, -0.1) is 0 Å². The number of rotatable bonds is 6. The smallest absolute Gasteiger partial charge is 0.451 e. The lowest BCUT2D eigenvalue weighted by atomic mass is 9.75. The number of likely N-dealkylation sites (tertiary alicyclic amines) is 1. The van der Waals surface area contributed by atoms with Gasteiger partial charge in [0.05, 0.1) is 6.10 Å². The molecule has 0 radical (unpaired) electrons. The van der Waals surface area contributed by atoms with Crippen LogP contribution in [0.3, 0.4) is 0 Å². The van der Waals surface area contributed by atoms with E-state index in [-0.39, 0.29) is 31.7 Å². The van der Waals surface area contributed by atoms with Gasteiger partial charge in [-0.05, 0) is 25.6 Å². The minimum absolute atomic E-state index is 0.0604. The summed E-state index contributed by atoms with van der Waals surface area (Å²) in [5.74, 6) is -2.09. The van der Waals surface area contributed by atoms with Gasteiger partial charge in [0.15, 0.2) is 0 Å². The number of carboxylic acid groups (broad SMARTS) is 1. The fraction of sp³-hybridized carbons (Fsp3) is 0.833. The quantitative estimate of drug-likeness (QED) is 0.285. The normalized spacial score (nSPS) is 28.1. The molecule has 1 heterocycles. The maximum Gasteiger partial charge on any atom is 0.451 e. The number of amides is 1. The summed E-state index contributed by atoms with van der Waals surface area (Å²) < 4.78 is 0. The van der Waals surface area contributed by atoms with Crippen LogP contribution in [0.25, 0.3) is 0 Å². The second-order valence-corrected chi connectivity index (χ2v) is 6.07. The van der Waals surface area contributed by atoms with Gasteiger partial charge in [0.25, 0.3) is 0 Å². The number of aliphatic hydroxyl groups is 1. The molecule has 1 unspecified atom stereocenters. The van der Waals surface area contributed by atoms with Gasteiger partial charge in [-0.1, -0.05) is 6.42 Å². The highest BCUT2D eigenvalue weighted by Gasteiger charge is 2.45. The molecule has 1 aliphatic heterocycles. The third-order valence-electron chi connectivity index (χ3n) is 3.98. The van der Waals surface area contributed by atoms with Crippen molar-refractivity contribution in [2.24, 2.45) is 17.4 Å². The highest BCUT2D eigenvalue weighted by molar-refractivity contribution is 6.40. The van der Waals surface area contributed by atoms with Gasteiger partial charge in [0, 0.05) is 13.1 Å². The van der Waals surface area contributed by atoms with Gasteiger partial charge >= 0.3 is 13.1 Å². The topological polar surface area (TPSA) is 170 Å². The van der Waals surface area contributed by atoms with Crippen LogP contribution in [0.15, 0.2) is 0 Å². The first-order valence-corrected chi connectivity index (χ1v) is 7.17. The summed E-state index contributed by atoms with van der Waals surface area (Å²) >= 11 is 0. The van der Waals surface area contributed by atoms with Crippen LogP contribution in [-0.2, 0) is 9.59 Å². The highest BCUT2D eigenvalue weighted by atomic mass is 16.4. The summed E-state index contributed by atoms with van der Waals surface area (Å²) in [6, 6.07) is -1.15. The number of carbonyl (C=O) groups is 2. The first-order valence-electron chi connectivity index (χ1n) is 7.17. The highest BCUT2D eigenvalue weighted by Crippen LogP contribution is 2.28. The molecule has 0 aromatic heterocycles. The lowest BCUT2D eigenvalue weighted by Crippen LogP contribution is -2.65. The van der Waals surface area contributed by atoms with E-state index in [0.717, 1.165) is 0 Å². The summed E-state index contributed by atoms with van der Waals surface area (Å²) in [5, 5.41) is 36.6. The van der Waals surface area contributed by atoms with Crippen LogP contribution >= 0.6 is 0 Å². The average Bonchev–Trinajstić information content (AvgIpc) is 2.42. The first-order chi connectivity index (χ1) is 10.1. The Kier molecular flexibility index (Phi) is 6.32. The van der Waals surface area contributed by atoms with Gasteiger partial charge < -0.3 is 36.6 Å².